The number of halogens is 3. The normalized spacial score (nSPS) is 10.9. The first-order chi connectivity index (χ1) is 14.3. The van der Waals surface area contributed by atoms with E-state index in [9.17, 15) is 22.8 Å². The van der Waals surface area contributed by atoms with Crippen molar-refractivity contribution in [3.05, 3.63) is 89.7 Å². The fourth-order valence-corrected chi connectivity index (χ4v) is 2.53. The molecule has 2 N–H and O–H groups in total. The smallest absolute Gasteiger partial charge is 0.406 e. The highest BCUT2D eigenvalue weighted by Gasteiger charge is 2.30. The van der Waals surface area contributed by atoms with E-state index in [1.165, 1.54) is 36.5 Å². The van der Waals surface area contributed by atoms with Gasteiger partial charge in [-0.3, -0.25) is 14.6 Å². The summed E-state index contributed by atoms with van der Waals surface area (Å²) in [7, 11) is 0. The Kier molecular flexibility index (Phi) is 6.31. The number of benzene rings is 2. The average Bonchev–Trinajstić information content (AvgIpc) is 2.73. The minimum Gasteiger partial charge on any atom is -0.406 e. The van der Waals surface area contributed by atoms with Gasteiger partial charge in [-0.25, -0.2) is 0 Å². The molecule has 9 heteroatoms. The number of carbonyl (C=O) groups excluding carboxylic acids is 2. The van der Waals surface area contributed by atoms with Gasteiger partial charge in [-0.2, -0.15) is 0 Å². The molecule has 3 rings (SSSR count). The van der Waals surface area contributed by atoms with Crippen molar-refractivity contribution in [2.24, 2.45) is 0 Å². The SMILES string of the molecule is O=C(NCc1ccc(OC(F)(F)F)cc1)c1cccc(NC(=O)c2cccnc2)c1. The monoisotopic (exact) mass is 415 g/mol. The third kappa shape index (κ3) is 6.06. The van der Waals surface area contributed by atoms with E-state index < -0.39 is 12.3 Å². The third-order valence-electron chi connectivity index (χ3n) is 3.92. The number of nitrogens with one attached hydrogen (secondary N) is 2. The Morgan fingerprint density at radius 1 is 0.933 bits per heavy atom. The van der Waals surface area contributed by atoms with Crippen LogP contribution in [0.25, 0.3) is 0 Å². The van der Waals surface area contributed by atoms with Crippen molar-refractivity contribution in [3.63, 3.8) is 0 Å². The van der Waals surface area contributed by atoms with E-state index in [2.05, 4.69) is 20.4 Å². The lowest BCUT2D eigenvalue weighted by atomic mass is 10.1. The van der Waals surface area contributed by atoms with Crippen LogP contribution in [0.4, 0.5) is 18.9 Å². The zero-order valence-electron chi connectivity index (χ0n) is 15.4. The molecule has 30 heavy (non-hydrogen) atoms. The number of nitrogens with zero attached hydrogens (tertiary/aromatic N) is 1. The number of pyridine rings is 1. The van der Waals surface area contributed by atoms with Gasteiger partial charge >= 0.3 is 6.36 Å². The number of carbonyl (C=O) groups is 2. The van der Waals surface area contributed by atoms with Crippen molar-refractivity contribution in [1.29, 1.82) is 0 Å². The minimum absolute atomic E-state index is 0.109. The van der Waals surface area contributed by atoms with Crippen LogP contribution in [0.15, 0.2) is 73.1 Å². The summed E-state index contributed by atoms with van der Waals surface area (Å²) in [6.45, 7) is 0.109. The number of hydrogen-bond donors (Lipinski definition) is 2. The van der Waals surface area contributed by atoms with Crippen molar-refractivity contribution in [2.45, 2.75) is 12.9 Å². The van der Waals surface area contributed by atoms with Gasteiger partial charge in [0.15, 0.2) is 0 Å². The molecule has 2 aromatic carbocycles. The van der Waals surface area contributed by atoms with Gasteiger partial charge in [0, 0.05) is 30.2 Å². The second-order valence-corrected chi connectivity index (χ2v) is 6.15. The molecular formula is C21H16F3N3O3. The molecule has 0 aliphatic heterocycles. The number of anilines is 1. The third-order valence-corrected chi connectivity index (χ3v) is 3.92. The highest BCUT2D eigenvalue weighted by Crippen LogP contribution is 2.22. The van der Waals surface area contributed by atoms with E-state index in [1.54, 1.807) is 36.5 Å². The average molecular weight is 415 g/mol. The fraction of sp³-hybridized carbons (Fsp3) is 0.0952. The highest BCUT2D eigenvalue weighted by molar-refractivity contribution is 6.04. The number of alkyl halides is 3. The van der Waals surface area contributed by atoms with Crippen molar-refractivity contribution >= 4 is 17.5 Å². The number of hydrogen-bond acceptors (Lipinski definition) is 4. The second kappa shape index (κ2) is 9.08. The molecule has 0 fully saturated rings. The van der Waals surface area contributed by atoms with Gasteiger partial charge in [-0.15, -0.1) is 13.2 Å². The van der Waals surface area contributed by atoms with E-state index in [-0.39, 0.29) is 18.2 Å². The maximum atomic E-state index is 12.4. The van der Waals surface area contributed by atoms with Crippen LogP contribution in [0.2, 0.25) is 0 Å². The molecule has 1 aromatic heterocycles. The van der Waals surface area contributed by atoms with Gasteiger partial charge in [0.2, 0.25) is 0 Å². The molecule has 0 unspecified atom stereocenters. The first kappa shape index (κ1) is 20.8. The van der Waals surface area contributed by atoms with Crippen molar-refractivity contribution < 1.29 is 27.5 Å². The summed E-state index contributed by atoms with van der Waals surface area (Å²) in [5.74, 6) is -1.10. The van der Waals surface area contributed by atoms with Crippen LogP contribution in [0.3, 0.4) is 0 Å². The van der Waals surface area contributed by atoms with Gasteiger partial charge < -0.3 is 15.4 Å². The highest BCUT2D eigenvalue weighted by atomic mass is 19.4. The molecule has 0 bridgehead atoms. The first-order valence-electron chi connectivity index (χ1n) is 8.74. The molecule has 0 radical (unpaired) electrons. The molecule has 154 valence electrons. The topological polar surface area (TPSA) is 80.3 Å². The van der Waals surface area contributed by atoms with Crippen LogP contribution in [-0.4, -0.2) is 23.2 Å². The lowest BCUT2D eigenvalue weighted by Crippen LogP contribution is -2.23. The van der Waals surface area contributed by atoms with E-state index in [0.29, 0.717) is 22.4 Å². The van der Waals surface area contributed by atoms with Crippen LogP contribution in [0.5, 0.6) is 5.75 Å². The summed E-state index contributed by atoms with van der Waals surface area (Å²) in [4.78, 5) is 28.4. The number of amides is 2. The molecule has 0 aliphatic rings. The molecule has 6 nitrogen and oxygen atoms in total. The van der Waals surface area contributed by atoms with Crippen molar-refractivity contribution in [1.82, 2.24) is 10.3 Å². The fourth-order valence-electron chi connectivity index (χ4n) is 2.53. The zero-order chi connectivity index (χ0) is 21.6. The van der Waals surface area contributed by atoms with Crippen LogP contribution in [0, 0.1) is 0 Å². The Labute approximate surface area is 169 Å². The molecule has 1 heterocycles. The summed E-state index contributed by atoms with van der Waals surface area (Å²) in [6.07, 6.45) is -1.78. The van der Waals surface area contributed by atoms with Crippen molar-refractivity contribution in [3.8, 4) is 5.75 Å². The van der Waals surface area contributed by atoms with E-state index in [1.807, 2.05) is 0 Å². The summed E-state index contributed by atoms with van der Waals surface area (Å²) in [5.41, 5.74) is 1.73. The van der Waals surface area contributed by atoms with Gasteiger partial charge in [0.1, 0.15) is 5.75 Å². The summed E-state index contributed by atoms with van der Waals surface area (Å²) < 4.78 is 40.4. The maximum Gasteiger partial charge on any atom is 0.573 e. The molecule has 3 aromatic rings. The van der Waals surface area contributed by atoms with Crippen LogP contribution in [-0.2, 0) is 6.54 Å². The molecule has 2 amide bonds. The summed E-state index contributed by atoms with van der Waals surface area (Å²) in [5, 5.41) is 5.36. The minimum atomic E-state index is -4.76. The zero-order valence-corrected chi connectivity index (χ0v) is 15.4. The van der Waals surface area contributed by atoms with E-state index in [0.717, 1.165) is 0 Å². The first-order valence-corrected chi connectivity index (χ1v) is 8.74. The molecule has 0 atom stereocenters. The molecule has 0 saturated heterocycles. The Hall–Kier alpha value is -3.88. The predicted molar refractivity (Wildman–Crippen MR) is 103 cm³/mol. The Bertz CT molecular complexity index is 1020. The van der Waals surface area contributed by atoms with Crippen LogP contribution >= 0.6 is 0 Å². The van der Waals surface area contributed by atoms with Gasteiger partial charge in [-0.05, 0) is 48.0 Å². The van der Waals surface area contributed by atoms with Gasteiger partial charge in [0.25, 0.3) is 11.8 Å². The lowest BCUT2D eigenvalue weighted by molar-refractivity contribution is -0.274. The number of rotatable bonds is 6. The Morgan fingerprint density at radius 2 is 1.67 bits per heavy atom. The second-order valence-electron chi connectivity index (χ2n) is 6.15. The number of ether oxygens (including phenoxy) is 1. The Morgan fingerprint density at radius 3 is 2.33 bits per heavy atom. The molecule has 0 aliphatic carbocycles. The number of aromatic nitrogens is 1. The van der Waals surface area contributed by atoms with Crippen LogP contribution < -0.4 is 15.4 Å². The molecular weight excluding hydrogens is 399 g/mol. The quantitative estimate of drug-likeness (QED) is 0.634. The Balaban J connectivity index is 1.58. The predicted octanol–water partition coefficient (Wildman–Crippen LogP) is 4.16. The standard InChI is InChI=1S/C21H16F3N3O3/c22-21(23,24)30-18-8-6-14(7-9-18)12-26-19(28)15-3-1-5-17(11-15)27-20(29)16-4-2-10-25-13-16/h1-11,13H,12H2,(H,26,28)(H,27,29). The summed E-state index contributed by atoms with van der Waals surface area (Å²) in [6, 6.07) is 14.8. The van der Waals surface area contributed by atoms with E-state index in [4.69, 9.17) is 0 Å². The van der Waals surface area contributed by atoms with E-state index >= 15 is 0 Å². The summed E-state index contributed by atoms with van der Waals surface area (Å²) >= 11 is 0. The largest absolute Gasteiger partial charge is 0.573 e. The van der Waals surface area contributed by atoms with Crippen molar-refractivity contribution in [2.75, 3.05) is 5.32 Å². The molecule has 0 saturated carbocycles. The van der Waals surface area contributed by atoms with Gasteiger partial charge in [-0.1, -0.05) is 18.2 Å². The van der Waals surface area contributed by atoms with Crippen LogP contribution in [0.1, 0.15) is 26.3 Å². The van der Waals surface area contributed by atoms with Gasteiger partial charge in [0.05, 0.1) is 5.56 Å². The lowest BCUT2D eigenvalue weighted by Gasteiger charge is -2.10. The molecule has 0 spiro atoms. The maximum absolute atomic E-state index is 12.4.